The molecule has 1 aliphatic rings. The number of β-amino-alcohol motifs (C(OH)–C–C–N with tert-alkyl or cyclic N) is 1. The van der Waals surface area contributed by atoms with Gasteiger partial charge in [0.2, 0.25) is 0 Å². The molecule has 1 aliphatic heterocycles. The van der Waals surface area contributed by atoms with E-state index in [1.165, 1.54) is 0 Å². The summed E-state index contributed by atoms with van der Waals surface area (Å²) in [6, 6.07) is 0. The molecule has 1 fully saturated rings. The number of aliphatic hydroxyl groups excluding tert-OH is 1. The fraction of sp³-hybridized carbons (Fsp3) is 1.00. The minimum Gasteiger partial charge on any atom is -0.395 e. The first-order valence-electron chi connectivity index (χ1n) is 4.46. The van der Waals surface area contributed by atoms with Crippen molar-refractivity contribution in [3.05, 3.63) is 0 Å². The zero-order valence-electron chi connectivity index (χ0n) is 7.37. The lowest BCUT2D eigenvalue weighted by Crippen LogP contribution is -2.49. The van der Waals surface area contributed by atoms with E-state index in [0.29, 0.717) is 13.1 Å². The molecule has 1 saturated heterocycles. The Morgan fingerprint density at radius 1 is 1.33 bits per heavy atom. The molecule has 0 radical (unpaired) electrons. The highest BCUT2D eigenvalue weighted by atomic mass is 16.3. The molecule has 0 bridgehead atoms. The zero-order chi connectivity index (χ0) is 9.03. The lowest BCUT2D eigenvalue weighted by atomic mass is 9.92. The molecule has 4 heteroatoms. The number of aliphatic hydroxyl groups is 2. The Morgan fingerprint density at radius 3 is 2.33 bits per heavy atom. The van der Waals surface area contributed by atoms with Crippen LogP contribution in [0.2, 0.25) is 0 Å². The van der Waals surface area contributed by atoms with Gasteiger partial charge >= 0.3 is 0 Å². The van der Waals surface area contributed by atoms with E-state index in [2.05, 4.69) is 4.90 Å². The summed E-state index contributed by atoms with van der Waals surface area (Å²) < 4.78 is 0. The monoisotopic (exact) mass is 174 g/mol. The van der Waals surface area contributed by atoms with Crippen LogP contribution in [-0.2, 0) is 0 Å². The molecule has 1 rings (SSSR count). The van der Waals surface area contributed by atoms with Crippen LogP contribution in [0.1, 0.15) is 12.8 Å². The van der Waals surface area contributed by atoms with Gasteiger partial charge in [-0.2, -0.15) is 0 Å². The van der Waals surface area contributed by atoms with Crippen LogP contribution in [0.25, 0.3) is 0 Å². The molecule has 0 saturated carbocycles. The third kappa shape index (κ3) is 2.42. The second-order valence-corrected chi connectivity index (χ2v) is 3.49. The van der Waals surface area contributed by atoms with E-state index in [0.717, 1.165) is 25.9 Å². The van der Waals surface area contributed by atoms with Crippen molar-refractivity contribution in [3.8, 4) is 0 Å². The van der Waals surface area contributed by atoms with Gasteiger partial charge in [-0.1, -0.05) is 0 Å². The Bertz CT molecular complexity index is 133. The third-order valence-electron chi connectivity index (χ3n) is 2.58. The maximum Gasteiger partial charge on any atom is 0.0793 e. The van der Waals surface area contributed by atoms with Crippen molar-refractivity contribution in [2.24, 2.45) is 5.73 Å². The van der Waals surface area contributed by atoms with Crippen LogP contribution in [-0.4, -0.2) is 53.5 Å². The van der Waals surface area contributed by atoms with Crippen molar-refractivity contribution in [2.45, 2.75) is 18.4 Å². The summed E-state index contributed by atoms with van der Waals surface area (Å²) in [6.45, 7) is 2.93. The van der Waals surface area contributed by atoms with Crippen LogP contribution in [0.5, 0.6) is 0 Å². The summed E-state index contributed by atoms with van der Waals surface area (Å²) in [7, 11) is 0. The summed E-state index contributed by atoms with van der Waals surface area (Å²) in [5.74, 6) is 0. The maximum absolute atomic E-state index is 9.75. The maximum atomic E-state index is 9.75. The standard InChI is InChI=1S/C8H18N2O2/c9-7-8(12)1-3-10(4-2-8)5-6-11/h11-12H,1-7,9H2. The highest BCUT2D eigenvalue weighted by Crippen LogP contribution is 2.20. The van der Waals surface area contributed by atoms with Gasteiger partial charge in [0.15, 0.2) is 0 Å². The molecule has 72 valence electrons. The number of nitrogens with two attached hydrogens (primary N) is 1. The average molecular weight is 174 g/mol. The lowest BCUT2D eigenvalue weighted by Gasteiger charge is -2.37. The minimum atomic E-state index is -0.647. The van der Waals surface area contributed by atoms with Gasteiger partial charge in [-0.15, -0.1) is 0 Å². The Balaban J connectivity index is 2.29. The highest BCUT2D eigenvalue weighted by Gasteiger charge is 2.30. The van der Waals surface area contributed by atoms with Crippen molar-refractivity contribution in [2.75, 3.05) is 32.8 Å². The zero-order valence-corrected chi connectivity index (χ0v) is 7.37. The molecule has 1 heterocycles. The fourth-order valence-electron chi connectivity index (χ4n) is 1.54. The Kier molecular flexibility index (Phi) is 3.46. The van der Waals surface area contributed by atoms with Gasteiger partial charge in [0.1, 0.15) is 0 Å². The van der Waals surface area contributed by atoms with Gasteiger partial charge in [-0.05, 0) is 12.8 Å². The van der Waals surface area contributed by atoms with Crippen molar-refractivity contribution in [1.29, 1.82) is 0 Å². The number of rotatable bonds is 3. The Hall–Kier alpha value is -0.160. The largest absolute Gasteiger partial charge is 0.395 e. The van der Waals surface area contributed by atoms with E-state index >= 15 is 0 Å². The molecular formula is C8H18N2O2. The molecule has 0 spiro atoms. The van der Waals surface area contributed by atoms with Crippen LogP contribution in [0.4, 0.5) is 0 Å². The van der Waals surface area contributed by atoms with Gasteiger partial charge in [0.25, 0.3) is 0 Å². The van der Waals surface area contributed by atoms with Gasteiger partial charge in [0.05, 0.1) is 12.2 Å². The summed E-state index contributed by atoms with van der Waals surface area (Å²) in [4.78, 5) is 2.14. The smallest absolute Gasteiger partial charge is 0.0793 e. The first-order valence-corrected chi connectivity index (χ1v) is 4.46. The lowest BCUT2D eigenvalue weighted by molar-refractivity contribution is -0.0162. The number of hydrogen-bond donors (Lipinski definition) is 3. The molecule has 0 aliphatic carbocycles. The molecule has 0 atom stereocenters. The second-order valence-electron chi connectivity index (χ2n) is 3.49. The van der Waals surface area contributed by atoms with E-state index in [1.807, 2.05) is 0 Å². The normalized spacial score (nSPS) is 24.2. The molecule has 12 heavy (non-hydrogen) atoms. The van der Waals surface area contributed by atoms with Crippen molar-refractivity contribution >= 4 is 0 Å². The van der Waals surface area contributed by atoms with Crippen LogP contribution >= 0.6 is 0 Å². The summed E-state index contributed by atoms with van der Waals surface area (Å²) in [6.07, 6.45) is 1.45. The van der Waals surface area contributed by atoms with E-state index in [-0.39, 0.29) is 6.61 Å². The number of nitrogens with zero attached hydrogens (tertiary/aromatic N) is 1. The molecule has 0 aromatic heterocycles. The van der Waals surface area contributed by atoms with Crippen LogP contribution in [0.15, 0.2) is 0 Å². The van der Waals surface area contributed by atoms with Crippen molar-refractivity contribution < 1.29 is 10.2 Å². The quantitative estimate of drug-likeness (QED) is 0.501. The third-order valence-corrected chi connectivity index (χ3v) is 2.58. The van der Waals surface area contributed by atoms with Gasteiger partial charge in [-0.3, -0.25) is 0 Å². The average Bonchev–Trinajstić information content (AvgIpc) is 2.10. The second kappa shape index (κ2) is 4.18. The number of hydrogen-bond acceptors (Lipinski definition) is 4. The molecule has 0 amide bonds. The van der Waals surface area contributed by atoms with Crippen LogP contribution in [0.3, 0.4) is 0 Å². The highest BCUT2D eigenvalue weighted by molar-refractivity contribution is 4.86. The van der Waals surface area contributed by atoms with Gasteiger partial charge in [-0.25, -0.2) is 0 Å². The van der Waals surface area contributed by atoms with E-state index in [4.69, 9.17) is 10.8 Å². The van der Waals surface area contributed by atoms with Gasteiger partial charge < -0.3 is 20.8 Å². The number of likely N-dealkylation sites (tertiary alicyclic amines) is 1. The number of piperidine rings is 1. The Morgan fingerprint density at radius 2 is 1.92 bits per heavy atom. The van der Waals surface area contributed by atoms with Crippen LogP contribution in [0, 0.1) is 0 Å². The van der Waals surface area contributed by atoms with E-state index < -0.39 is 5.60 Å². The summed E-state index contributed by atoms with van der Waals surface area (Å²) in [5, 5.41) is 18.4. The van der Waals surface area contributed by atoms with Crippen LogP contribution < -0.4 is 5.73 Å². The molecule has 0 unspecified atom stereocenters. The molecule has 0 aromatic rings. The summed E-state index contributed by atoms with van der Waals surface area (Å²) >= 11 is 0. The van der Waals surface area contributed by atoms with E-state index in [9.17, 15) is 5.11 Å². The van der Waals surface area contributed by atoms with Crippen molar-refractivity contribution in [3.63, 3.8) is 0 Å². The first kappa shape index (κ1) is 9.92. The Labute approximate surface area is 73.0 Å². The molecular weight excluding hydrogens is 156 g/mol. The van der Waals surface area contributed by atoms with Gasteiger partial charge in [0, 0.05) is 26.2 Å². The molecule has 4 N–H and O–H groups in total. The predicted octanol–water partition coefficient (Wildman–Crippen LogP) is -1.24. The first-order chi connectivity index (χ1) is 5.70. The predicted molar refractivity (Wildman–Crippen MR) is 46.8 cm³/mol. The minimum absolute atomic E-state index is 0.195. The SMILES string of the molecule is NCC1(O)CCN(CCO)CC1. The van der Waals surface area contributed by atoms with Crippen molar-refractivity contribution in [1.82, 2.24) is 4.90 Å². The summed E-state index contributed by atoms with van der Waals surface area (Å²) in [5.41, 5.74) is 4.79. The topological polar surface area (TPSA) is 69.7 Å². The molecule has 4 nitrogen and oxygen atoms in total. The van der Waals surface area contributed by atoms with E-state index in [1.54, 1.807) is 0 Å². The fourth-order valence-corrected chi connectivity index (χ4v) is 1.54. The molecule has 0 aromatic carbocycles.